The van der Waals surface area contributed by atoms with Gasteiger partial charge in [0, 0.05) is 19.1 Å². The largest absolute Gasteiger partial charge is 0.333 e. The van der Waals surface area contributed by atoms with Crippen LogP contribution in [0.2, 0.25) is 0 Å². The van der Waals surface area contributed by atoms with E-state index in [0.29, 0.717) is 18.0 Å². The Bertz CT molecular complexity index is 288. The zero-order valence-electron chi connectivity index (χ0n) is 8.69. The van der Waals surface area contributed by atoms with Crippen LogP contribution in [-0.2, 0) is 4.79 Å². The van der Waals surface area contributed by atoms with Crippen molar-refractivity contribution in [2.24, 2.45) is 5.92 Å². The number of fused-ring (bicyclic) bond motifs is 2. The third-order valence-corrected chi connectivity index (χ3v) is 3.70. The van der Waals surface area contributed by atoms with Crippen LogP contribution in [-0.4, -0.2) is 36.0 Å². The first kappa shape index (κ1) is 11.0. The van der Waals surface area contributed by atoms with Crippen molar-refractivity contribution in [3.8, 4) is 0 Å². The van der Waals surface area contributed by atoms with E-state index in [1.807, 2.05) is 0 Å². The van der Waals surface area contributed by atoms with Crippen LogP contribution in [0.4, 0.5) is 0 Å². The van der Waals surface area contributed by atoms with Crippen molar-refractivity contribution in [2.45, 2.75) is 31.3 Å². The van der Waals surface area contributed by atoms with Gasteiger partial charge in [-0.15, -0.1) is 12.4 Å². The second-order valence-corrected chi connectivity index (χ2v) is 4.56. The highest BCUT2D eigenvalue weighted by molar-refractivity contribution is 5.85. The first-order valence-corrected chi connectivity index (χ1v) is 5.56. The molecule has 3 nitrogen and oxygen atoms in total. The standard InChI is InChI=1S/C11H16N2O.ClH/c14-11(8-6-12-7-8)13-9-2-1-3-10(13)5-4-9;/h1-2,8-10,12H,3-7H2;1H. The predicted octanol–water partition coefficient (Wildman–Crippen LogP) is 0.947. The van der Waals surface area contributed by atoms with E-state index in [4.69, 9.17) is 0 Å². The first-order chi connectivity index (χ1) is 6.86. The Kier molecular flexibility index (Phi) is 3.03. The normalized spacial score (nSPS) is 33.5. The van der Waals surface area contributed by atoms with Gasteiger partial charge in [-0.25, -0.2) is 0 Å². The van der Waals surface area contributed by atoms with E-state index >= 15 is 0 Å². The number of nitrogens with one attached hydrogen (secondary N) is 1. The van der Waals surface area contributed by atoms with Gasteiger partial charge < -0.3 is 10.2 Å². The highest BCUT2D eigenvalue weighted by Crippen LogP contribution is 2.33. The molecule has 1 amide bonds. The highest BCUT2D eigenvalue weighted by atomic mass is 35.5. The van der Waals surface area contributed by atoms with Gasteiger partial charge in [-0.05, 0) is 19.3 Å². The Hall–Kier alpha value is -0.540. The molecule has 2 unspecified atom stereocenters. The number of carbonyl (C=O) groups is 1. The highest BCUT2D eigenvalue weighted by Gasteiger charge is 2.40. The van der Waals surface area contributed by atoms with Crippen LogP contribution in [0.15, 0.2) is 12.2 Å². The number of hydrogen-bond acceptors (Lipinski definition) is 2. The van der Waals surface area contributed by atoms with E-state index in [-0.39, 0.29) is 18.3 Å². The van der Waals surface area contributed by atoms with Crippen LogP contribution in [0.3, 0.4) is 0 Å². The fourth-order valence-electron chi connectivity index (χ4n) is 2.74. The molecule has 2 saturated heterocycles. The van der Waals surface area contributed by atoms with Crippen molar-refractivity contribution in [3.63, 3.8) is 0 Å². The Labute approximate surface area is 96.3 Å². The van der Waals surface area contributed by atoms with E-state index in [1.165, 1.54) is 12.8 Å². The minimum atomic E-state index is 0. The van der Waals surface area contributed by atoms with E-state index < -0.39 is 0 Å². The molecule has 0 aromatic carbocycles. The van der Waals surface area contributed by atoms with Crippen LogP contribution in [0, 0.1) is 5.92 Å². The second-order valence-electron chi connectivity index (χ2n) is 4.56. The molecule has 0 saturated carbocycles. The van der Waals surface area contributed by atoms with Gasteiger partial charge in [0.05, 0.1) is 12.0 Å². The number of hydrogen-bond donors (Lipinski definition) is 1. The summed E-state index contributed by atoms with van der Waals surface area (Å²) in [6.45, 7) is 1.77. The van der Waals surface area contributed by atoms with Gasteiger partial charge >= 0.3 is 0 Å². The average Bonchev–Trinajstić information content (AvgIpc) is 2.33. The van der Waals surface area contributed by atoms with E-state index in [9.17, 15) is 4.79 Å². The fourth-order valence-corrected chi connectivity index (χ4v) is 2.74. The number of amides is 1. The molecule has 1 N–H and O–H groups in total. The molecular weight excluding hydrogens is 212 g/mol. The van der Waals surface area contributed by atoms with Gasteiger partial charge in [-0.2, -0.15) is 0 Å². The summed E-state index contributed by atoms with van der Waals surface area (Å²) < 4.78 is 0. The Morgan fingerprint density at radius 1 is 1.33 bits per heavy atom. The quantitative estimate of drug-likeness (QED) is 0.678. The zero-order valence-corrected chi connectivity index (χ0v) is 9.50. The maximum absolute atomic E-state index is 12.1. The molecule has 0 aromatic rings. The maximum Gasteiger partial charge on any atom is 0.229 e. The number of rotatable bonds is 1. The lowest BCUT2D eigenvalue weighted by atomic mass is 9.99. The average molecular weight is 229 g/mol. The summed E-state index contributed by atoms with van der Waals surface area (Å²) in [5.41, 5.74) is 0. The van der Waals surface area contributed by atoms with Gasteiger partial charge in [-0.3, -0.25) is 4.79 Å². The maximum atomic E-state index is 12.1. The lowest BCUT2D eigenvalue weighted by Gasteiger charge is -2.37. The van der Waals surface area contributed by atoms with Crippen molar-refractivity contribution in [1.29, 1.82) is 0 Å². The molecule has 0 radical (unpaired) electrons. The molecule has 3 heterocycles. The predicted molar refractivity (Wildman–Crippen MR) is 61.0 cm³/mol. The SMILES string of the molecule is Cl.O=C(C1CNC1)N1C2C=CCC1CC2. The van der Waals surface area contributed by atoms with Crippen molar-refractivity contribution < 1.29 is 4.79 Å². The molecule has 0 aromatic heterocycles. The van der Waals surface area contributed by atoms with Crippen molar-refractivity contribution in [2.75, 3.05) is 13.1 Å². The smallest absolute Gasteiger partial charge is 0.229 e. The third-order valence-electron chi connectivity index (χ3n) is 3.70. The summed E-state index contributed by atoms with van der Waals surface area (Å²) in [6.07, 6.45) is 7.90. The summed E-state index contributed by atoms with van der Waals surface area (Å²) in [5, 5.41) is 3.17. The van der Waals surface area contributed by atoms with Crippen molar-refractivity contribution >= 4 is 18.3 Å². The Morgan fingerprint density at radius 2 is 2.13 bits per heavy atom. The first-order valence-electron chi connectivity index (χ1n) is 5.56. The molecule has 2 bridgehead atoms. The fraction of sp³-hybridized carbons (Fsp3) is 0.727. The van der Waals surface area contributed by atoms with Gasteiger partial charge in [-0.1, -0.05) is 12.2 Å². The molecule has 84 valence electrons. The van der Waals surface area contributed by atoms with Crippen molar-refractivity contribution in [3.05, 3.63) is 12.2 Å². The summed E-state index contributed by atoms with van der Waals surface area (Å²) in [6, 6.07) is 0.931. The number of nitrogens with zero attached hydrogens (tertiary/aromatic N) is 1. The zero-order chi connectivity index (χ0) is 9.54. The van der Waals surface area contributed by atoms with Gasteiger partial charge in [0.1, 0.15) is 0 Å². The van der Waals surface area contributed by atoms with Gasteiger partial charge in [0.15, 0.2) is 0 Å². The van der Waals surface area contributed by atoms with Gasteiger partial charge in [0.2, 0.25) is 5.91 Å². The van der Waals surface area contributed by atoms with Crippen LogP contribution in [0.25, 0.3) is 0 Å². The van der Waals surface area contributed by atoms with Crippen LogP contribution >= 0.6 is 12.4 Å². The molecule has 4 heteroatoms. The monoisotopic (exact) mass is 228 g/mol. The molecule has 0 spiro atoms. The van der Waals surface area contributed by atoms with E-state index in [1.54, 1.807) is 0 Å². The molecule has 2 fully saturated rings. The molecule has 3 rings (SSSR count). The number of carbonyl (C=O) groups excluding carboxylic acids is 1. The third kappa shape index (κ3) is 1.68. The summed E-state index contributed by atoms with van der Waals surface area (Å²) in [4.78, 5) is 14.2. The molecule has 3 aliphatic heterocycles. The minimum Gasteiger partial charge on any atom is -0.333 e. The minimum absolute atomic E-state index is 0. The number of halogens is 1. The van der Waals surface area contributed by atoms with Crippen LogP contribution in [0.1, 0.15) is 19.3 Å². The Morgan fingerprint density at radius 3 is 2.73 bits per heavy atom. The molecule has 2 atom stereocenters. The summed E-state index contributed by atoms with van der Waals surface area (Å²) >= 11 is 0. The Balaban J connectivity index is 0.000000853. The van der Waals surface area contributed by atoms with E-state index in [2.05, 4.69) is 22.4 Å². The second kappa shape index (κ2) is 4.14. The van der Waals surface area contributed by atoms with Crippen LogP contribution < -0.4 is 5.32 Å². The van der Waals surface area contributed by atoms with Crippen LogP contribution in [0.5, 0.6) is 0 Å². The lowest BCUT2D eigenvalue weighted by molar-refractivity contribution is -0.139. The van der Waals surface area contributed by atoms with E-state index in [0.717, 1.165) is 19.5 Å². The summed E-state index contributed by atoms with van der Waals surface area (Å²) in [5.74, 6) is 0.658. The molecular formula is C11H17ClN2O. The van der Waals surface area contributed by atoms with Gasteiger partial charge in [0.25, 0.3) is 0 Å². The van der Waals surface area contributed by atoms with Crippen molar-refractivity contribution in [1.82, 2.24) is 10.2 Å². The summed E-state index contributed by atoms with van der Waals surface area (Å²) in [7, 11) is 0. The topological polar surface area (TPSA) is 32.3 Å². The molecule has 3 aliphatic rings. The molecule has 0 aliphatic carbocycles. The molecule has 15 heavy (non-hydrogen) atoms. The lowest BCUT2D eigenvalue weighted by Crippen LogP contribution is -2.55.